The molecular weight excluding hydrogens is 451 g/mol. The molecule has 2 fully saturated rings. The first-order valence-electron chi connectivity index (χ1n) is 9.98. The normalized spacial score (nSPS) is 22.4. The molecule has 2 heterocycles. The quantitative estimate of drug-likeness (QED) is 0.501. The van der Waals surface area contributed by atoms with Crippen molar-refractivity contribution in [1.82, 2.24) is 0 Å². The number of ether oxygens (including phenoxy) is 1. The summed E-state index contributed by atoms with van der Waals surface area (Å²) in [7, 11) is 1.49. The number of para-hydroxylation sites is 3. The summed E-state index contributed by atoms with van der Waals surface area (Å²) >= 11 is 12.6. The number of hydrogen-bond acceptors (Lipinski definition) is 5. The molecule has 0 bridgehead atoms. The third kappa shape index (κ3) is 3.23. The van der Waals surface area contributed by atoms with Gasteiger partial charge in [-0.05, 0) is 42.0 Å². The largest absolute Gasteiger partial charge is 0.495 e. The molecule has 3 aromatic carbocycles. The fraction of sp³-hybridized carbons (Fsp3) is 0.167. The first-order chi connectivity index (χ1) is 15.5. The molecule has 2 saturated heterocycles. The molecule has 32 heavy (non-hydrogen) atoms. The monoisotopic (exact) mass is 468 g/mol. The van der Waals surface area contributed by atoms with Crippen LogP contribution in [-0.2, 0) is 14.4 Å². The molecule has 0 spiro atoms. The molecule has 3 atom stereocenters. The van der Waals surface area contributed by atoms with Crippen molar-refractivity contribution in [2.45, 2.75) is 12.1 Å². The molecule has 0 radical (unpaired) electrons. The molecule has 0 saturated carbocycles. The topological polar surface area (TPSA) is 59.1 Å². The Kier molecular flexibility index (Phi) is 5.29. The molecule has 2 aliphatic rings. The number of benzene rings is 3. The summed E-state index contributed by atoms with van der Waals surface area (Å²) in [4.78, 5) is 34.3. The summed E-state index contributed by atoms with van der Waals surface area (Å²) in [5, 5.41) is 2.47. The minimum atomic E-state index is -0.996. The summed E-state index contributed by atoms with van der Waals surface area (Å²) in [6.07, 6.45) is -0.996. The van der Waals surface area contributed by atoms with E-state index < -0.39 is 24.0 Å². The van der Waals surface area contributed by atoms with Gasteiger partial charge in [0.1, 0.15) is 11.7 Å². The van der Waals surface area contributed by atoms with Crippen molar-refractivity contribution in [3.8, 4) is 5.75 Å². The number of rotatable bonds is 4. The fourth-order valence-corrected chi connectivity index (χ4v) is 4.84. The van der Waals surface area contributed by atoms with Crippen LogP contribution in [-0.4, -0.2) is 25.0 Å². The summed E-state index contributed by atoms with van der Waals surface area (Å²) in [5.41, 5.74) is 1.74. The van der Waals surface area contributed by atoms with E-state index >= 15 is 0 Å². The summed E-state index contributed by atoms with van der Waals surface area (Å²) in [5.74, 6) is -1.20. The number of hydroxylamine groups is 1. The molecule has 0 aliphatic carbocycles. The first kappa shape index (κ1) is 20.8. The number of carbonyl (C=O) groups excluding carboxylic acids is 2. The maximum absolute atomic E-state index is 13.7. The van der Waals surface area contributed by atoms with E-state index in [1.54, 1.807) is 47.5 Å². The number of amides is 2. The van der Waals surface area contributed by atoms with E-state index in [0.717, 1.165) is 4.90 Å². The summed E-state index contributed by atoms with van der Waals surface area (Å²) in [6, 6.07) is 20.7. The Bertz CT molecular complexity index is 1200. The van der Waals surface area contributed by atoms with E-state index in [1.807, 2.05) is 30.3 Å². The molecule has 8 heteroatoms. The highest BCUT2D eigenvalue weighted by Gasteiger charge is 2.61. The predicted molar refractivity (Wildman–Crippen MR) is 122 cm³/mol. The second kappa shape index (κ2) is 8.13. The number of imide groups is 1. The Balaban J connectivity index is 1.62. The van der Waals surface area contributed by atoms with Gasteiger partial charge in [-0.1, -0.05) is 59.6 Å². The van der Waals surface area contributed by atoms with Crippen molar-refractivity contribution in [3.63, 3.8) is 0 Å². The molecule has 2 aliphatic heterocycles. The number of methoxy groups -OCH3 is 1. The minimum Gasteiger partial charge on any atom is -0.495 e. The van der Waals surface area contributed by atoms with Gasteiger partial charge in [0.2, 0.25) is 5.91 Å². The van der Waals surface area contributed by atoms with Crippen molar-refractivity contribution in [3.05, 3.63) is 88.4 Å². The van der Waals surface area contributed by atoms with E-state index in [4.69, 9.17) is 32.8 Å². The van der Waals surface area contributed by atoms with E-state index in [1.165, 1.54) is 7.11 Å². The van der Waals surface area contributed by atoms with Crippen LogP contribution in [0.2, 0.25) is 10.0 Å². The van der Waals surface area contributed by atoms with E-state index in [-0.39, 0.29) is 5.91 Å². The van der Waals surface area contributed by atoms with Crippen molar-refractivity contribution < 1.29 is 19.2 Å². The number of nitrogens with zero attached hydrogens (tertiary/aromatic N) is 2. The van der Waals surface area contributed by atoms with Crippen molar-refractivity contribution >= 4 is 46.4 Å². The Morgan fingerprint density at radius 2 is 1.62 bits per heavy atom. The molecular formula is C24H18Cl2N2O4. The standard InChI is InChI=1S/C24H18Cl2N2O4/c1-31-19-10-6-5-9-18(19)27-23(29)20-21(16-12-11-14(25)13-17(16)26)28(32-22(20)24(27)30)15-7-3-2-4-8-15/h2-13,20-22H,1H3/t20-,21-,22+/m1/s1. The molecule has 5 rings (SSSR count). The lowest BCUT2D eigenvalue weighted by Gasteiger charge is -2.29. The number of carbonyl (C=O) groups is 2. The molecule has 0 N–H and O–H groups in total. The SMILES string of the molecule is COc1ccccc1N1C(=O)[C@H]2[C@H](ON(c3ccccc3)[C@@H]2c2ccc(Cl)cc2Cl)C1=O. The van der Waals surface area contributed by atoms with Gasteiger partial charge in [0.25, 0.3) is 5.91 Å². The second-order valence-corrected chi connectivity index (χ2v) is 8.35. The van der Waals surface area contributed by atoms with Crippen molar-refractivity contribution in [2.75, 3.05) is 17.1 Å². The van der Waals surface area contributed by atoms with E-state index in [2.05, 4.69) is 0 Å². The zero-order valence-corrected chi connectivity index (χ0v) is 18.5. The van der Waals surface area contributed by atoms with Crippen LogP contribution in [0.15, 0.2) is 72.8 Å². The van der Waals surface area contributed by atoms with Crippen LogP contribution in [0.4, 0.5) is 11.4 Å². The first-order valence-corrected chi connectivity index (χ1v) is 10.7. The summed E-state index contributed by atoms with van der Waals surface area (Å²) in [6.45, 7) is 0. The minimum absolute atomic E-state index is 0.376. The molecule has 0 aromatic heterocycles. The van der Waals surface area contributed by atoms with Crippen LogP contribution in [0.5, 0.6) is 5.75 Å². The van der Waals surface area contributed by atoms with Gasteiger partial charge in [0.15, 0.2) is 6.10 Å². The van der Waals surface area contributed by atoms with Crippen LogP contribution in [0, 0.1) is 5.92 Å². The van der Waals surface area contributed by atoms with Gasteiger partial charge in [-0.2, -0.15) is 0 Å². The van der Waals surface area contributed by atoms with Gasteiger partial charge >= 0.3 is 0 Å². The van der Waals surface area contributed by atoms with Crippen LogP contribution in [0.1, 0.15) is 11.6 Å². The van der Waals surface area contributed by atoms with Crippen LogP contribution >= 0.6 is 23.2 Å². The maximum Gasteiger partial charge on any atom is 0.266 e. The third-order valence-electron chi connectivity index (χ3n) is 5.73. The molecule has 0 unspecified atom stereocenters. The molecule has 162 valence electrons. The number of hydrogen-bond donors (Lipinski definition) is 0. The highest BCUT2D eigenvalue weighted by Crippen LogP contribution is 2.50. The maximum atomic E-state index is 13.7. The summed E-state index contributed by atoms with van der Waals surface area (Å²) < 4.78 is 5.38. The van der Waals surface area contributed by atoms with Gasteiger partial charge in [-0.25, -0.2) is 9.96 Å². The van der Waals surface area contributed by atoms with Gasteiger partial charge < -0.3 is 4.74 Å². The lowest BCUT2D eigenvalue weighted by molar-refractivity contribution is -0.126. The zero-order valence-electron chi connectivity index (χ0n) is 16.9. The van der Waals surface area contributed by atoms with E-state index in [0.29, 0.717) is 32.7 Å². The number of halogens is 2. The van der Waals surface area contributed by atoms with E-state index in [9.17, 15) is 9.59 Å². The number of anilines is 2. The van der Waals surface area contributed by atoms with Gasteiger partial charge in [0.05, 0.1) is 24.5 Å². The zero-order chi connectivity index (χ0) is 22.4. The van der Waals surface area contributed by atoms with Gasteiger partial charge in [-0.3, -0.25) is 14.4 Å². The molecule has 6 nitrogen and oxygen atoms in total. The van der Waals surface area contributed by atoms with Gasteiger partial charge in [-0.15, -0.1) is 0 Å². The Labute approximate surface area is 194 Å². The average molecular weight is 469 g/mol. The third-order valence-corrected chi connectivity index (χ3v) is 6.30. The average Bonchev–Trinajstić information content (AvgIpc) is 3.30. The van der Waals surface area contributed by atoms with Crippen LogP contribution in [0.3, 0.4) is 0 Å². The van der Waals surface area contributed by atoms with Gasteiger partial charge in [0, 0.05) is 10.0 Å². The smallest absolute Gasteiger partial charge is 0.266 e. The Hall–Kier alpha value is -3.06. The lowest BCUT2D eigenvalue weighted by atomic mass is 9.90. The van der Waals surface area contributed by atoms with Crippen LogP contribution < -0.4 is 14.7 Å². The number of fused-ring (bicyclic) bond motifs is 1. The highest BCUT2D eigenvalue weighted by molar-refractivity contribution is 6.35. The highest BCUT2D eigenvalue weighted by atomic mass is 35.5. The Morgan fingerprint density at radius 1 is 0.906 bits per heavy atom. The lowest BCUT2D eigenvalue weighted by Crippen LogP contribution is -2.37. The second-order valence-electron chi connectivity index (χ2n) is 7.51. The molecule has 2 amide bonds. The van der Waals surface area contributed by atoms with Crippen molar-refractivity contribution in [2.24, 2.45) is 5.92 Å². The molecule has 3 aromatic rings. The van der Waals surface area contributed by atoms with Crippen LogP contribution in [0.25, 0.3) is 0 Å². The predicted octanol–water partition coefficient (Wildman–Crippen LogP) is 5.05. The fourth-order valence-electron chi connectivity index (χ4n) is 4.32. The van der Waals surface area contributed by atoms with Crippen molar-refractivity contribution in [1.29, 1.82) is 0 Å². The Morgan fingerprint density at radius 3 is 2.34 bits per heavy atom.